The molecule has 0 saturated carbocycles. The van der Waals surface area contributed by atoms with Gasteiger partial charge in [-0.2, -0.15) is 4.98 Å². The molecule has 9 nitrogen and oxygen atoms in total. The molecule has 0 bridgehead atoms. The third-order valence-electron chi connectivity index (χ3n) is 4.25. The molecule has 0 aliphatic carbocycles. The van der Waals surface area contributed by atoms with E-state index in [-0.39, 0.29) is 12.4 Å². The molecular formula is C19H24ClN5O4. The second kappa shape index (κ2) is 9.33. The topological polar surface area (TPSA) is 109 Å². The van der Waals surface area contributed by atoms with Crippen molar-refractivity contribution in [3.8, 4) is 17.2 Å². The molecule has 0 unspecified atom stereocenters. The highest BCUT2D eigenvalue weighted by Gasteiger charge is 2.16. The summed E-state index contributed by atoms with van der Waals surface area (Å²) in [6.07, 6.45) is 2.20. The predicted octanol–water partition coefficient (Wildman–Crippen LogP) is 3.16. The fraction of sp³-hybridized carbons (Fsp3) is 0.316. The highest BCUT2D eigenvalue weighted by Crippen LogP contribution is 2.39. The van der Waals surface area contributed by atoms with Gasteiger partial charge in [0.25, 0.3) is 0 Å². The van der Waals surface area contributed by atoms with Crippen LogP contribution in [0.1, 0.15) is 16.8 Å². The lowest BCUT2D eigenvalue weighted by Gasteiger charge is -2.16. The number of benzene rings is 1. The van der Waals surface area contributed by atoms with Crippen LogP contribution in [0, 0.1) is 6.92 Å². The van der Waals surface area contributed by atoms with Gasteiger partial charge >= 0.3 is 0 Å². The van der Waals surface area contributed by atoms with Crippen molar-refractivity contribution in [1.29, 1.82) is 0 Å². The number of ether oxygens (including phenoxy) is 3. The SMILES string of the molecule is COc1cc(Cc2cnc(N(C)c3cc(C)no3)nc2N)cc(OC)c1OC.Cl. The zero-order valence-corrected chi connectivity index (χ0v) is 17.7. The van der Waals surface area contributed by atoms with Gasteiger partial charge in [0, 0.05) is 31.3 Å². The van der Waals surface area contributed by atoms with Crippen LogP contribution < -0.4 is 24.8 Å². The van der Waals surface area contributed by atoms with Crippen molar-refractivity contribution in [2.75, 3.05) is 39.0 Å². The van der Waals surface area contributed by atoms with E-state index in [1.807, 2.05) is 19.1 Å². The standard InChI is InChI=1S/C19H23N5O4.ClH/c1-11-6-16(28-23-11)24(2)19-21-10-13(18(20)22-19)7-12-8-14(25-3)17(27-5)15(9-12)26-4;/h6,8-10H,7H2,1-5H3,(H2,20,21,22);1H. The maximum atomic E-state index is 6.18. The van der Waals surface area contributed by atoms with E-state index in [1.165, 1.54) is 0 Å². The zero-order chi connectivity index (χ0) is 20.3. The molecule has 1 aromatic carbocycles. The summed E-state index contributed by atoms with van der Waals surface area (Å²) in [5, 5.41) is 3.87. The number of hydrogen-bond acceptors (Lipinski definition) is 9. The molecule has 3 rings (SSSR count). The molecule has 0 aliphatic rings. The van der Waals surface area contributed by atoms with Gasteiger partial charge in [-0.15, -0.1) is 12.4 Å². The highest BCUT2D eigenvalue weighted by molar-refractivity contribution is 5.85. The fourth-order valence-corrected chi connectivity index (χ4v) is 2.77. The van der Waals surface area contributed by atoms with Crippen LogP contribution in [0.3, 0.4) is 0 Å². The number of nitrogens with zero attached hydrogens (tertiary/aromatic N) is 4. The maximum Gasteiger partial charge on any atom is 0.233 e. The predicted molar refractivity (Wildman–Crippen MR) is 112 cm³/mol. The smallest absolute Gasteiger partial charge is 0.233 e. The van der Waals surface area contributed by atoms with E-state index in [2.05, 4.69) is 15.1 Å². The second-order valence-corrected chi connectivity index (χ2v) is 6.16. The molecule has 0 spiro atoms. The second-order valence-electron chi connectivity index (χ2n) is 6.16. The minimum absolute atomic E-state index is 0. The number of aryl methyl sites for hydroxylation is 1. The van der Waals surface area contributed by atoms with Gasteiger partial charge in [-0.05, 0) is 24.6 Å². The Bertz CT molecular complexity index is 954. The molecule has 2 heterocycles. The minimum atomic E-state index is 0. The van der Waals surface area contributed by atoms with Gasteiger partial charge in [-0.1, -0.05) is 5.16 Å². The number of rotatable bonds is 7. The van der Waals surface area contributed by atoms with Crippen molar-refractivity contribution >= 4 is 30.1 Å². The lowest BCUT2D eigenvalue weighted by Crippen LogP contribution is -2.14. The van der Waals surface area contributed by atoms with Crippen LogP contribution in [0.4, 0.5) is 17.7 Å². The van der Waals surface area contributed by atoms with E-state index in [1.54, 1.807) is 45.5 Å². The van der Waals surface area contributed by atoms with Gasteiger partial charge in [0.1, 0.15) is 5.82 Å². The number of anilines is 3. The van der Waals surface area contributed by atoms with Crippen LogP contribution in [0.15, 0.2) is 28.9 Å². The van der Waals surface area contributed by atoms with Crippen molar-refractivity contribution in [2.45, 2.75) is 13.3 Å². The van der Waals surface area contributed by atoms with Gasteiger partial charge in [-0.25, -0.2) is 4.98 Å². The fourth-order valence-electron chi connectivity index (χ4n) is 2.77. The Morgan fingerprint density at radius 2 is 1.72 bits per heavy atom. The molecule has 0 atom stereocenters. The molecular weight excluding hydrogens is 398 g/mol. The molecule has 0 saturated heterocycles. The van der Waals surface area contributed by atoms with Crippen LogP contribution in [-0.4, -0.2) is 43.5 Å². The maximum absolute atomic E-state index is 6.18. The van der Waals surface area contributed by atoms with Gasteiger partial charge in [-0.3, -0.25) is 4.90 Å². The summed E-state index contributed by atoms with van der Waals surface area (Å²) < 4.78 is 21.4. The lowest BCUT2D eigenvalue weighted by molar-refractivity contribution is 0.324. The number of aromatic nitrogens is 3. The van der Waals surface area contributed by atoms with Gasteiger partial charge in [0.15, 0.2) is 11.5 Å². The Kier molecular flexibility index (Phi) is 7.11. The minimum Gasteiger partial charge on any atom is -0.493 e. The van der Waals surface area contributed by atoms with Crippen molar-refractivity contribution in [3.05, 3.63) is 41.2 Å². The van der Waals surface area contributed by atoms with E-state index in [0.717, 1.165) is 16.8 Å². The number of nitrogens with two attached hydrogens (primary N) is 1. The van der Waals surface area contributed by atoms with Crippen LogP contribution in [-0.2, 0) is 6.42 Å². The van der Waals surface area contributed by atoms with E-state index >= 15 is 0 Å². The summed E-state index contributed by atoms with van der Waals surface area (Å²) in [7, 11) is 6.51. The molecule has 156 valence electrons. The average molecular weight is 422 g/mol. The molecule has 0 aliphatic heterocycles. The van der Waals surface area contributed by atoms with Crippen molar-refractivity contribution < 1.29 is 18.7 Å². The Morgan fingerprint density at radius 1 is 1.07 bits per heavy atom. The number of nitrogen functional groups attached to an aromatic ring is 1. The molecule has 2 aromatic heterocycles. The Labute approximate surface area is 175 Å². The van der Waals surface area contributed by atoms with E-state index in [4.69, 9.17) is 24.5 Å². The highest BCUT2D eigenvalue weighted by atomic mass is 35.5. The number of halogens is 1. The molecule has 29 heavy (non-hydrogen) atoms. The number of hydrogen-bond donors (Lipinski definition) is 1. The summed E-state index contributed by atoms with van der Waals surface area (Å²) in [6.45, 7) is 1.84. The Hall–Kier alpha value is -3.20. The summed E-state index contributed by atoms with van der Waals surface area (Å²) in [4.78, 5) is 10.5. The molecule has 0 fully saturated rings. The summed E-state index contributed by atoms with van der Waals surface area (Å²) in [5.74, 6) is 3.03. The molecule has 10 heteroatoms. The van der Waals surface area contributed by atoms with Crippen LogP contribution >= 0.6 is 12.4 Å². The first kappa shape index (κ1) is 22.1. The van der Waals surface area contributed by atoms with E-state index in [9.17, 15) is 0 Å². The average Bonchev–Trinajstić information content (AvgIpc) is 3.14. The summed E-state index contributed by atoms with van der Waals surface area (Å²) in [6, 6.07) is 5.54. The number of methoxy groups -OCH3 is 3. The Morgan fingerprint density at radius 3 is 2.21 bits per heavy atom. The van der Waals surface area contributed by atoms with Crippen molar-refractivity contribution in [1.82, 2.24) is 15.1 Å². The van der Waals surface area contributed by atoms with Gasteiger partial charge < -0.3 is 24.5 Å². The third kappa shape index (κ3) is 4.62. The first-order valence-corrected chi connectivity index (χ1v) is 8.54. The van der Waals surface area contributed by atoms with Gasteiger partial charge in [0.2, 0.25) is 17.6 Å². The monoisotopic (exact) mass is 421 g/mol. The largest absolute Gasteiger partial charge is 0.493 e. The lowest BCUT2D eigenvalue weighted by atomic mass is 10.1. The Balaban J connectivity index is 0.00000300. The quantitative estimate of drug-likeness (QED) is 0.615. The first-order valence-electron chi connectivity index (χ1n) is 8.54. The summed E-state index contributed by atoms with van der Waals surface area (Å²) in [5.41, 5.74) is 8.65. The van der Waals surface area contributed by atoms with Crippen LogP contribution in [0.25, 0.3) is 0 Å². The van der Waals surface area contributed by atoms with Crippen LogP contribution in [0.2, 0.25) is 0 Å². The normalized spacial score (nSPS) is 10.2. The van der Waals surface area contributed by atoms with Gasteiger partial charge in [0.05, 0.1) is 27.0 Å². The van der Waals surface area contributed by atoms with E-state index < -0.39 is 0 Å². The zero-order valence-electron chi connectivity index (χ0n) is 16.9. The third-order valence-corrected chi connectivity index (χ3v) is 4.25. The van der Waals surface area contributed by atoms with E-state index in [0.29, 0.717) is 41.3 Å². The molecule has 0 radical (unpaired) electrons. The van der Waals surface area contributed by atoms with Crippen LogP contribution in [0.5, 0.6) is 17.2 Å². The van der Waals surface area contributed by atoms with Crippen molar-refractivity contribution in [2.24, 2.45) is 0 Å². The first-order chi connectivity index (χ1) is 13.5. The molecule has 3 aromatic rings. The molecule has 0 amide bonds. The summed E-state index contributed by atoms with van der Waals surface area (Å²) >= 11 is 0. The molecule has 2 N–H and O–H groups in total. The van der Waals surface area contributed by atoms with Crippen molar-refractivity contribution in [3.63, 3.8) is 0 Å².